The highest BCUT2D eigenvalue weighted by molar-refractivity contribution is 5.74. The van der Waals surface area contributed by atoms with Gasteiger partial charge in [0, 0.05) is 22.9 Å². The summed E-state index contributed by atoms with van der Waals surface area (Å²) in [5.41, 5.74) is 5.68. The first-order valence-corrected chi connectivity index (χ1v) is 13.4. The number of aliphatic hydroxyl groups excluding tert-OH is 1. The van der Waals surface area contributed by atoms with E-state index in [2.05, 4.69) is 0 Å². The number of halogens is 4. The minimum Gasteiger partial charge on any atom is -0.388 e. The molecule has 1 unspecified atom stereocenters. The third kappa shape index (κ3) is 4.58. The standard InChI is InChI=1S/C31H31F4NO/c32-23-12-8-20(9-13-23)27-24(16-19-6-10-22(11-7-19)31(33,34)35)29(21-4-1-2-5-21)36-25-17-30(14-3-15-30)18-26(37)28(25)27/h6-13,21,26,37H,1-5,14-18H2. The van der Waals surface area contributed by atoms with E-state index in [0.29, 0.717) is 12.8 Å². The average Bonchev–Trinajstić information content (AvgIpc) is 3.38. The number of hydrogen-bond donors (Lipinski definition) is 1. The quantitative estimate of drug-likeness (QED) is 0.359. The zero-order chi connectivity index (χ0) is 25.8. The molecule has 0 bridgehead atoms. The first kappa shape index (κ1) is 24.6. The summed E-state index contributed by atoms with van der Waals surface area (Å²) in [6.07, 6.45) is 4.58. The van der Waals surface area contributed by atoms with Gasteiger partial charge in [-0.05, 0) is 96.9 Å². The largest absolute Gasteiger partial charge is 0.416 e. The summed E-state index contributed by atoms with van der Waals surface area (Å²) in [5, 5.41) is 11.5. The van der Waals surface area contributed by atoms with E-state index < -0.39 is 17.8 Å². The van der Waals surface area contributed by atoms with Crippen LogP contribution in [0.2, 0.25) is 0 Å². The van der Waals surface area contributed by atoms with E-state index in [4.69, 9.17) is 4.98 Å². The number of aromatic nitrogens is 1. The lowest BCUT2D eigenvalue weighted by Gasteiger charge is -2.47. The van der Waals surface area contributed by atoms with Crippen LogP contribution >= 0.6 is 0 Å². The molecule has 37 heavy (non-hydrogen) atoms. The number of alkyl halides is 3. The molecule has 1 spiro atoms. The van der Waals surface area contributed by atoms with Gasteiger partial charge in [-0.1, -0.05) is 43.5 Å². The molecule has 2 fully saturated rings. The molecule has 1 heterocycles. The van der Waals surface area contributed by atoms with Crippen molar-refractivity contribution in [1.29, 1.82) is 0 Å². The molecule has 2 aromatic carbocycles. The Balaban J connectivity index is 1.54. The van der Waals surface area contributed by atoms with Gasteiger partial charge in [0.05, 0.1) is 11.7 Å². The van der Waals surface area contributed by atoms with E-state index in [1.54, 1.807) is 12.1 Å². The molecule has 6 rings (SSSR count). The van der Waals surface area contributed by atoms with Gasteiger partial charge in [0.1, 0.15) is 5.82 Å². The number of fused-ring (bicyclic) bond motifs is 1. The number of nitrogens with zero attached hydrogens (tertiary/aromatic N) is 1. The van der Waals surface area contributed by atoms with Crippen molar-refractivity contribution < 1.29 is 22.7 Å². The van der Waals surface area contributed by atoms with Crippen molar-refractivity contribution >= 4 is 0 Å². The van der Waals surface area contributed by atoms with Crippen LogP contribution in [0.5, 0.6) is 0 Å². The minimum absolute atomic E-state index is 0.112. The van der Waals surface area contributed by atoms with Crippen LogP contribution in [-0.2, 0) is 19.0 Å². The van der Waals surface area contributed by atoms with Crippen molar-refractivity contribution in [3.05, 3.63) is 88.0 Å². The lowest BCUT2D eigenvalue weighted by molar-refractivity contribution is -0.137. The van der Waals surface area contributed by atoms with Gasteiger partial charge in [0.2, 0.25) is 0 Å². The van der Waals surface area contributed by atoms with Gasteiger partial charge in [0.25, 0.3) is 0 Å². The molecular weight excluding hydrogens is 478 g/mol. The Hall–Kier alpha value is -2.73. The Morgan fingerprint density at radius 1 is 0.919 bits per heavy atom. The molecule has 2 saturated carbocycles. The Labute approximate surface area is 214 Å². The summed E-state index contributed by atoms with van der Waals surface area (Å²) in [6, 6.07) is 11.7. The molecule has 6 heteroatoms. The fourth-order valence-electron chi connectivity index (χ4n) is 6.88. The van der Waals surface area contributed by atoms with Crippen LogP contribution in [0.3, 0.4) is 0 Å². The van der Waals surface area contributed by atoms with E-state index >= 15 is 0 Å². The molecule has 194 valence electrons. The van der Waals surface area contributed by atoms with Gasteiger partial charge in [-0.25, -0.2) is 4.39 Å². The summed E-state index contributed by atoms with van der Waals surface area (Å²) in [7, 11) is 0. The number of pyridine rings is 1. The maximum absolute atomic E-state index is 13.9. The highest BCUT2D eigenvalue weighted by Gasteiger charge is 2.45. The second kappa shape index (κ2) is 9.23. The topological polar surface area (TPSA) is 33.1 Å². The Bertz CT molecular complexity index is 1290. The smallest absolute Gasteiger partial charge is 0.388 e. The lowest BCUT2D eigenvalue weighted by Crippen LogP contribution is -2.38. The Kier molecular flexibility index (Phi) is 6.14. The molecular formula is C31H31F4NO. The third-order valence-electron chi connectivity index (χ3n) is 8.90. The van der Waals surface area contributed by atoms with Crippen LogP contribution in [0.15, 0.2) is 48.5 Å². The highest BCUT2D eigenvalue weighted by Crippen LogP contribution is 2.55. The summed E-state index contributed by atoms with van der Waals surface area (Å²) >= 11 is 0. The molecule has 0 aliphatic heterocycles. The van der Waals surface area contributed by atoms with Crippen LogP contribution in [0.25, 0.3) is 11.1 Å². The van der Waals surface area contributed by atoms with Crippen molar-refractivity contribution in [3.63, 3.8) is 0 Å². The molecule has 2 nitrogen and oxygen atoms in total. The molecule has 3 aliphatic carbocycles. The molecule has 0 amide bonds. The van der Waals surface area contributed by atoms with Crippen molar-refractivity contribution in [2.45, 2.75) is 82.4 Å². The average molecular weight is 510 g/mol. The molecule has 3 aromatic rings. The van der Waals surface area contributed by atoms with Gasteiger partial charge in [-0.15, -0.1) is 0 Å². The van der Waals surface area contributed by atoms with Crippen LogP contribution < -0.4 is 0 Å². The summed E-state index contributed by atoms with van der Waals surface area (Å²) < 4.78 is 53.5. The van der Waals surface area contributed by atoms with Crippen molar-refractivity contribution in [3.8, 4) is 11.1 Å². The zero-order valence-electron chi connectivity index (χ0n) is 20.8. The van der Waals surface area contributed by atoms with E-state index in [1.165, 1.54) is 30.7 Å². The summed E-state index contributed by atoms with van der Waals surface area (Å²) in [6.45, 7) is 0. The number of hydrogen-bond acceptors (Lipinski definition) is 2. The second-order valence-electron chi connectivity index (χ2n) is 11.3. The second-order valence-corrected chi connectivity index (χ2v) is 11.3. The van der Waals surface area contributed by atoms with Crippen LogP contribution in [-0.4, -0.2) is 10.1 Å². The van der Waals surface area contributed by atoms with Crippen molar-refractivity contribution in [1.82, 2.24) is 4.98 Å². The molecule has 1 atom stereocenters. The predicted octanol–water partition coefficient (Wildman–Crippen LogP) is 8.30. The van der Waals surface area contributed by atoms with Crippen LogP contribution in [0.4, 0.5) is 17.6 Å². The molecule has 3 aliphatic rings. The zero-order valence-corrected chi connectivity index (χ0v) is 20.8. The van der Waals surface area contributed by atoms with Gasteiger partial charge >= 0.3 is 6.18 Å². The first-order chi connectivity index (χ1) is 17.7. The van der Waals surface area contributed by atoms with E-state index in [0.717, 1.165) is 96.3 Å². The van der Waals surface area contributed by atoms with Gasteiger partial charge in [-0.3, -0.25) is 4.98 Å². The van der Waals surface area contributed by atoms with Gasteiger partial charge in [-0.2, -0.15) is 13.2 Å². The third-order valence-corrected chi connectivity index (χ3v) is 8.90. The van der Waals surface area contributed by atoms with Crippen LogP contribution in [0.1, 0.15) is 97.0 Å². The highest BCUT2D eigenvalue weighted by atomic mass is 19.4. The molecule has 1 aromatic heterocycles. The maximum atomic E-state index is 13.9. The Morgan fingerprint density at radius 3 is 2.19 bits per heavy atom. The van der Waals surface area contributed by atoms with Crippen molar-refractivity contribution in [2.75, 3.05) is 0 Å². The number of benzene rings is 2. The Morgan fingerprint density at radius 2 is 1.59 bits per heavy atom. The van der Waals surface area contributed by atoms with Crippen LogP contribution in [0, 0.1) is 11.2 Å². The minimum atomic E-state index is -4.39. The SMILES string of the molecule is OC1CC2(CCC2)Cc2nc(C3CCCC3)c(Cc3ccc(C(F)(F)F)cc3)c(-c3ccc(F)cc3)c21. The fraction of sp³-hybridized carbons (Fsp3) is 0.452. The van der Waals surface area contributed by atoms with Gasteiger partial charge in [0.15, 0.2) is 0 Å². The summed E-state index contributed by atoms with van der Waals surface area (Å²) in [4.78, 5) is 5.27. The van der Waals surface area contributed by atoms with Crippen molar-refractivity contribution in [2.24, 2.45) is 5.41 Å². The van der Waals surface area contributed by atoms with Gasteiger partial charge < -0.3 is 5.11 Å². The first-order valence-electron chi connectivity index (χ1n) is 13.4. The number of aliphatic hydroxyl groups is 1. The van der Waals surface area contributed by atoms with E-state index in [9.17, 15) is 22.7 Å². The monoisotopic (exact) mass is 509 g/mol. The molecule has 1 N–H and O–H groups in total. The number of rotatable bonds is 4. The lowest BCUT2D eigenvalue weighted by atomic mass is 9.59. The fourth-order valence-corrected chi connectivity index (χ4v) is 6.88. The molecule has 0 saturated heterocycles. The maximum Gasteiger partial charge on any atom is 0.416 e. The predicted molar refractivity (Wildman–Crippen MR) is 135 cm³/mol. The summed E-state index contributed by atoms with van der Waals surface area (Å²) in [5.74, 6) is -0.0497. The molecule has 0 radical (unpaired) electrons. The van der Waals surface area contributed by atoms with E-state index in [1.807, 2.05) is 0 Å². The normalized spacial score (nSPS) is 21.2. The van der Waals surface area contributed by atoms with E-state index in [-0.39, 0.29) is 17.2 Å².